The highest BCUT2D eigenvalue weighted by Gasteiger charge is 1.99. The van der Waals surface area contributed by atoms with Crippen molar-refractivity contribution in [1.29, 1.82) is 0 Å². The van der Waals surface area contributed by atoms with Gasteiger partial charge in [-0.1, -0.05) is 6.07 Å². The molecule has 1 aromatic carbocycles. The van der Waals surface area contributed by atoms with Gasteiger partial charge < -0.3 is 16.2 Å². The zero-order valence-electron chi connectivity index (χ0n) is 6.75. The molecule has 0 aliphatic rings. The number of benzene rings is 1. The number of hydrogen-bond acceptors (Lipinski definition) is 2. The van der Waals surface area contributed by atoms with Crippen molar-refractivity contribution in [2.45, 2.75) is 6.54 Å². The van der Waals surface area contributed by atoms with Crippen LogP contribution in [0.25, 0.3) is 0 Å². The third-order valence-corrected chi connectivity index (χ3v) is 2.44. The minimum absolute atomic E-state index is 0.311. The van der Waals surface area contributed by atoms with Gasteiger partial charge in [-0.05, 0) is 40.3 Å². The number of nitrogen functional groups attached to an aromatic ring is 1. The predicted octanol–water partition coefficient (Wildman–Crippen LogP) is 1.64. The minimum atomic E-state index is -1.02. The van der Waals surface area contributed by atoms with Crippen LogP contribution in [0.5, 0.6) is 0 Å². The Balaban J connectivity index is 2.68. The number of carboxylic acid groups (broad SMARTS) is 1. The van der Waals surface area contributed by atoms with Crippen LogP contribution in [0.4, 0.5) is 10.5 Å². The molecule has 13 heavy (non-hydrogen) atoms. The molecule has 0 heterocycles. The van der Waals surface area contributed by atoms with Gasteiger partial charge in [-0.2, -0.15) is 0 Å². The highest BCUT2D eigenvalue weighted by molar-refractivity contribution is 14.1. The first-order valence-corrected chi connectivity index (χ1v) is 4.68. The fraction of sp³-hybridized carbons (Fsp3) is 0.125. The van der Waals surface area contributed by atoms with E-state index in [1.807, 2.05) is 6.07 Å². The number of halogens is 1. The van der Waals surface area contributed by atoms with Gasteiger partial charge in [-0.15, -0.1) is 0 Å². The van der Waals surface area contributed by atoms with Gasteiger partial charge in [0.15, 0.2) is 0 Å². The molecule has 4 nitrogen and oxygen atoms in total. The molecule has 0 saturated heterocycles. The molecular weight excluding hydrogens is 283 g/mol. The molecule has 4 N–H and O–H groups in total. The highest BCUT2D eigenvalue weighted by atomic mass is 127. The van der Waals surface area contributed by atoms with E-state index in [2.05, 4.69) is 27.9 Å². The van der Waals surface area contributed by atoms with Crippen molar-refractivity contribution >= 4 is 34.4 Å². The first-order chi connectivity index (χ1) is 6.09. The lowest BCUT2D eigenvalue weighted by molar-refractivity contribution is 0.194. The quantitative estimate of drug-likeness (QED) is 0.573. The molecule has 0 aliphatic heterocycles. The fourth-order valence-corrected chi connectivity index (χ4v) is 1.44. The largest absolute Gasteiger partial charge is 0.465 e. The van der Waals surface area contributed by atoms with Crippen molar-refractivity contribution in [2.75, 3.05) is 5.73 Å². The van der Waals surface area contributed by atoms with Crippen LogP contribution in [0.1, 0.15) is 5.56 Å². The van der Waals surface area contributed by atoms with Crippen molar-refractivity contribution in [2.24, 2.45) is 0 Å². The third-order valence-electron chi connectivity index (χ3n) is 1.51. The number of nitrogens with one attached hydrogen (secondary N) is 1. The van der Waals surface area contributed by atoms with Crippen LogP contribution in [-0.2, 0) is 6.54 Å². The summed E-state index contributed by atoms with van der Waals surface area (Å²) < 4.78 is 0.933. The van der Waals surface area contributed by atoms with Crippen molar-refractivity contribution in [1.82, 2.24) is 5.32 Å². The maximum absolute atomic E-state index is 10.2. The van der Waals surface area contributed by atoms with Crippen molar-refractivity contribution in [3.05, 3.63) is 27.3 Å². The van der Waals surface area contributed by atoms with Gasteiger partial charge in [-0.25, -0.2) is 4.79 Å². The van der Waals surface area contributed by atoms with E-state index < -0.39 is 6.09 Å². The molecule has 0 aromatic heterocycles. The number of rotatable bonds is 2. The molecule has 0 unspecified atom stereocenters. The Morgan fingerprint density at radius 1 is 1.62 bits per heavy atom. The highest BCUT2D eigenvalue weighted by Crippen LogP contribution is 2.15. The molecular formula is C8H9IN2O2. The van der Waals surface area contributed by atoms with Crippen LogP contribution in [-0.4, -0.2) is 11.2 Å². The Bertz CT molecular complexity index is 328. The molecule has 0 spiro atoms. The Morgan fingerprint density at radius 3 is 2.85 bits per heavy atom. The lowest BCUT2D eigenvalue weighted by Crippen LogP contribution is -2.19. The zero-order valence-corrected chi connectivity index (χ0v) is 8.91. The van der Waals surface area contributed by atoms with Gasteiger partial charge >= 0.3 is 6.09 Å². The Kier molecular flexibility index (Phi) is 3.35. The van der Waals surface area contributed by atoms with Crippen LogP contribution in [0, 0.1) is 3.57 Å². The van der Waals surface area contributed by atoms with Crippen LogP contribution >= 0.6 is 22.6 Å². The maximum atomic E-state index is 10.2. The lowest BCUT2D eigenvalue weighted by Gasteiger charge is -2.03. The van der Waals surface area contributed by atoms with Crippen LogP contribution in [0.2, 0.25) is 0 Å². The summed E-state index contributed by atoms with van der Waals surface area (Å²) in [6, 6.07) is 5.42. The van der Waals surface area contributed by atoms with Gasteiger partial charge in [0.05, 0.1) is 0 Å². The van der Waals surface area contributed by atoms with E-state index in [0.29, 0.717) is 12.2 Å². The topological polar surface area (TPSA) is 75.3 Å². The van der Waals surface area contributed by atoms with Crippen LogP contribution in [0.15, 0.2) is 18.2 Å². The minimum Gasteiger partial charge on any atom is -0.465 e. The molecule has 1 rings (SSSR count). The molecule has 0 saturated carbocycles. The maximum Gasteiger partial charge on any atom is 0.404 e. The molecule has 0 atom stereocenters. The summed E-state index contributed by atoms with van der Waals surface area (Å²) >= 11 is 2.11. The molecule has 1 aromatic rings. The second-order valence-electron chi connectivity index (χ2n) is 2.51. The van der Waals surface area contributed by atoms with Gasteiger partial charge in [0.1, 0.15) is 0 Å². The van der Waals surface area contributed by atoms with Gasteiger partial charge in [-0.3, -0.25) is 0 Å². The molecule has 0 bridgehead atoms. The summed E-state index contributed by atoms with van der Waals surface area (Å²) in [5, 5.41) is 10.6. The number of amides is 1. The molecule has 0 aliphatic carbocycles. The van der Waals surface area contributed by atoms with Gasteiger partial charge in [0, 0.05) is 15.8 Å². The predicted molar refractivity (Wildman–Crippen MR) is 58.4 cm³/mol. The second-order valence-corrected chi connectivity index (χ2v) is 3.68. The van der Waals surface area contributed by atoms with E-state index in [1.54, 1.807) is 12.1 Å². The smallest absolute Gasteiger partial charge is 0.404 e. The monoisotopic (exact) mass is 292 g/mol. The van der Waals surface area contributed by atoms with E-state index in [1.165, 1.54) is 0 Å². The van der Waals surface area contributed by atoms with Crippen molar-refractivity contribution < 1.29 is 9.90 Å². The van der Waals surface area contributed by atoms with Crippen molar-refractivity contribution in [3.8, 4) is 0 Å². The average Bonchev–Trinajstić information content (AvgIpc) is 2.07. The van der Waals surface area contributed by atoms with E-state index >= 15 is 0 Å². The summed E-state index contributed by atoms with van der Waals surface area (Å²) in [4.78, 5) is 10.2. The Labute approximate surface area is 89.3 Å². The Morgan fingerprint density at radius 2 is 2.31 bits per heavy atom. The van der Waals surface area contributed by atoms with E-state index in [0.717, 1.165) is 9.13 Å². The lowest BCUT2D eigenvalue weighted by atomic mass is 10.2. The fourth-order valence-electron chi connectivity index (χ4n) is 0.858. The van der Waals surface area contributed by atoms with Crippen LogP contribution < -0.4 is 11.1 Å². The first-order valence-electron chi connectivity index (χ1n) is 3.60. The second kappa shape index (κ2) is 4.31. The van der Waals surface area contributed by atoms with E-state index in [-0.39, 0.29) is 0 Å². The summed E-state index contributed by atoms with van der Waals surface area (Å²) in [5.41, 5.74) is 7.21. The van der Waals surface area contributed by atoms with Gasteiger partial charge in [0.25, 0.3) is 0 Å². The normalized spacial score (nSPS) is 9.62. The van der Waals surface area contributed by atoms with Crippen LogP contribution in [0.3, 0.4) is 0 Å². The van der Waals surface area contributed by atoms with Gasteiger partial charge in [0.2, 0.25) is 0 Å². The number of anilines is 1. The first kappa shape index (κ1) is 10.1. The summed E-state index contributed by atoms with van der Waals surface area (Å²) in [7, 11) is 0. The summed E-state index contributed by atoms with van der Waals surface area (Å²) in [6.45, 7) is 0.311. The SMILES string of the molecule is Nc1ccc(CNC(=O)O)cc1I. The summed E-state index contributed by atoms with van der Waals surface area (Å²) in [5.74, 6) is 0. The zero-order chi connectivity index (χ0) is 9.84. The number of carbonyl (C=O) groups is 1. The number of hydrogen-bond donors (Lipinski definition) is 3. The standard InChI is InChI=1S/C8H9IN2O2/c9-6-3-5(1-2-7(6)10)4-11-8(12)13/h1-3,11H,4,10H2,(H,12,13). The molecule has 70 valence electrons. The number of nitrogens with two attached hydrogens (primary N) is 1. The average molecular weight is 292 g/mol. The van der Waals surface area contributed by atoms with Crippen molar-refractivity contribution in [3.63, 3.8) is 0 Å². The summed E-state index contributed by atoms with van der Waals surface area (Å²) in [6.07, 6.45) is -1.02. The molecule has 5 heteroatoms. The molecule has 1 amide bonds. The molecule has 0 fully saturated rings. The van der Waals surface area contributed by atoms with E-state index in [4.69, 9.17) is 10.8 Å². The third kappa shape index (κ3) is 3.10. The van der Waals surface area contributed by atoms with E-state index in [9.17, 15) is 4.79 Å². The Hall–Kier alpha value is -0.980. The molecule has 0 radical (unpaired) electrons.